The van der Waals surface area contributed by atoms with Gasteiger partial charge < -0.3 is 44.0 Å². The number of nitrogens with zero attached hydrogens (tertiary/aromatic N) is 12. The predicted octanol–water partition coefficient (Wildman–Crippen LogP) is 29.6. The number of pyridine rings is 3. The summed E-state index contributed by atoms with van der Waals surface area (Å²) in [6, 6.07) is 80.2. The van der Waals surface area contributed by atoms with Crippen LogP contribution in [-0.4, -0.2) is 76.8 Å². The fraction of sp³-hybridized carbons (Fsp3) is 0.275. The van der Waals surface area contributed by atoms with Crippen LogP contribution in [0.15, 0.2) is 237 Å². The van der Waals surface area contributed by atoms with Crippen molar-refractivity contribution < 1.29 is 92.9 Å². The Morgan fingerprint density at radius 2 is 0.596 bits per heavy atom. The van der Waals surface area contributed by atoms with Gasteiger partial charge in [0.15, 0.2) is 0 Å². The first-order chi connectivity index (χ1) is 65.0. The van der Waals surface area contributed by atoms with Crippen LogP contribution in [0.3, 0.4) is 0 Å². The van der Waals surface area contributed by atoms with Gasteiger partial charge in [0.25, 0.3) is 0 Å². The monoisotopic (exact) mass is 2410 g/mol. The van der Waals surface area contributed by atoms with Crippen molar-refractivity contribution >= 4 is 116 Å². The van der Waals surface area contributed by atoms with E-state index in [0.717, 1.165) is 183 Å². The number of hydrogen-bond acceptors (Lipinski definition) is 9. The van der Waals surface area contributed by atoms with Crippen molar-refractivity contribution in [1.29, 1.82) is 0 Å². The minimum atomic E-state index is -1.07. The van der Waals surface area contributed by atoms with E-state index in [9.17, 15) is 29.7 Å². The summed E-state index contributed by atoms with van der Waals surface area (Å²) in [4.78, 5) is 81.5. The molecular weight excluding hydrogens is 2290 g/mol. The van der Waals surface area contributed by atoms with Crippen LogP contribution in [0, 0.1) is 13.8 Å². The minimum absolute atomic E-state index is 0. The van der Waals surface area contributed by atoms with Gasteiger partial charge >= 0.3 is 17.9 Å². The van der Waals surface area contributed by atoms with Crippen LogP contribution in [0.2, 0.25) is 0 Å². The Hall–Kier alpha value is -12.8. The van der Waals surface area contributed by atoms with Gasteiger partial charge in [-0.15, -0.1) is 33.1 Å². The summed E-state index contributed by atoms with van der Waals surface area (Å²) in [6.07, 6.45) is 0. The molecule has 11 aromatic carbocycles. The van der Waals surface area contributed by atoms with Gasteiger partial charge in [0.2, 0.25) is 0 Å². The van der Waals surface area contributed by atoms with Gasteiger partial charge in [-0.2, -0.15) is 0 Å². The third-order valence-corrected chi connectivity index (χ3v) is 26.7. The van der Waals surface area contributed by atoms with Crippen LogP contribution in [0.25, 0.3) is 189 Å². The SMILES string of the molecule is CC(C)n1c(-c2cc(C(C)(C)C)cc3c2[n-]c2ccc(C(C)(C)C)cc23)nc2c(-c3cc(-c4ccccc4)cc(C(=O)O)n3)cccc21.CC(C)n1c(-c2cc(C(C)(C)C)cc3c2[n-]c2ccc(C(C)(C)C)cc23)nc2c(-c3cccc(C(=O)O)n3)cccc21.Cc1cc(C)cc(-c2cc(C(=O)O)nc(-c3cccc4c3nc(-c3cc(C(C)(C)C)cc5c3[n-]c3ccc(C(C)(C)C)cc35)n4C)c2)c1.[Pt].[Pt].[Pt]. The first-order valence-corrected chi connectivity index (χ1v) is 47.5. The van der Waals surface area contributed by atoms with E-state index < -0.39 is 17.9 Å². The van der Waals surface area contributed by atoms with E-state index >= 15 is 0 Å². The molecule has 141 heavy (non-hydrogen) atoms. The molecule has 0 bridgehead atoms. The van der Waals surface area contributed by atoms with Gasteiger partial charge in [-0.1, -0.05) is 300 Å². The Kier molecular flexibility index (Phi) is 27.8. The number of carboxylic acid groups (broad SMARTS) is 3. The molecule has 0 atom stereocenters. The summed E-state index contributed by atoms with van der Waals surface area (Å²) >= 11 is 0. The Labute approximate surface area is 867 Å². The van der Waals surface area contributed by atoms with Crippen LogP contribution in [0.1, 0.15) is 240 Å². The van der Waals surface area contributed by atoms with E-state index in [1.807, 2.05) is 106 Å². The van der Waals surface area contributed by atoms with Crippen LogP contribution >= 0.6 is 0 Å². The number of carbonyl (C=O) groups is 3. The maximum absolute atomic E-state index is 12.3. The van der Waals surface area contributed by atoms with E-state index in [0.29, 0.717) is 17.1 Å². The molecule has 20 rings (SSSR count). The third-order valence-electron chi connectivity index (χ3n) is 26.7. The number of para-hydroxylation sites is 3. The van der Waals surface area contributed by atoms with Gasteiger partial charge in [0.1, 0.15) is 34.6 Å². The van der Waals surface area contributed by atoms with Crippen LogP contribution < -0.4 is 15.0 Å². The second-order valence-corrected chi connectivity index (χ2v) is 43.9. The fourth-order valence-electron chi connectivity index (χ4n) is 19.1. The average molecular weight is 2410 g/mol. The molecule has 0 saturated heterocycles. The van der Waals surface area contributed by atoms with Crippen molar-refractivity contribution in [3.63, 3.8) is 0 Å². The molecule has 0 amide bonds. The molecule has 18 nitrogen and oxygen atoms in total. The number of aromatic carboxylic acids is 3. The average Bonchev–Trinajstić information content (AvgIpc) is 1.58. The normalized spacial score (nSPS) is 12.3. The maximum Gasteiger partial charge on any atom is 0.354 e. The smallest absolute Gasteiger partial charge is 0.354 e. The van der Waals surface area contributed by atoms with Crippen molar-refractivity contribution in [3.05, 3.63) is 298 Å². The summed E-state index contributed by atoms with van der Waals surface area (Å²) < 4.78 is 6.66. The molecule has 0 fully saturated rings. The molecule has 728 valence electrons. The molecule has 0 aliphatic heterocycles. The zero-order valence-corrected chi connectivity index (χ0v) is 91.4. The van der Waals surface area contributed by atoms with Gasteiger partial charge in [0, 0.05) is 116 Å². The number of aromatic nitrogens is 12. The molecule has 0 aliphatic carbocycles. The summed E-state index contributed by atoms with van der Waals surface area (Å²) in [6.45, 7) is 53.1. The van der Waals surface area contributed by atoms with Gasteiger partial charge in [-0.05, 0) is 235 Å². The first-order valence-electron chi connectivity index (χ1n) is 47.5. The molecule has 0 spiro atoms. The number of hydrogen-bond donors (Lipinski definition) is 3. The fourth-order valence-corrected chi connectivity index (χ4v) is 19.1. The number of benzene rings is 11. The zero-order valence-electron chi connectivity index (χ0n) is 84.6. The predicted molar refractivity (Wildman–Crippen MR) is 565 cm³/mol. The van der Waals surface area contributed by atoms with Crippen LogP contribution in [-0.2, 0) is 103 Å². The molecule has 20 aromatic rings. The van der Waals surface area contributed by atoms with Gasteiger partial charge in [-0.25, -0.2) is 44.3 Å². The van der Waals surface area contributed by atoms with Gasteiger partial charge in [-0.3, -0.25) is 0 Å². The van der Waals surface area contributed by atoms with E-state index in [1.165, 1.54) is 39.4 Å². The molecule has 21 heteroatoms. The molecule has 9 heterocycles. The Bertz CT molecular complexity index is 8350. The quantitative estimate of drug-likeness (QED) is 0.0971. The van der Waals surface area contributed by atoms with E-state index in [1.54, 1.807) is 18.2 Å². The topological polar surface area (TPSA) is 246 Å². The van der Waals surface area contributed by atoms with E-state index in [2.05, 4.69) is 308 Å². The minimum Gasteiger partial charge on any atom is -0.656 e. The number of rotatable bonds is 13. The molecular formula is C120H119N12O6Pt3-3. The zero-order chi connectivity index (χ0) is 98.5. The molecule has 0 unspecified atom stereocenters. The van der Waals surface area contributed by atoms with Crippen molar-refractivity contribution in [2.45, 2.75) is 211 Å². The number of fused-ring (bicyclic) bond motifs is 12. The van der Waals surface area contributed by atoms with Crippen LogP contribution in [0.5, 0.6) is 0 Å². The van der Waals surface area contributed by atoms with E-state index in [-0.39, 0.29) is 125 Å². The Balaban J connectivity index is 0.000000158. The number of aryl methyl sites for hydroxylation is 3. The van der Waals surface area contributed by atoms with Crippen molar-refractivity contribution in [3.8, 4) is 90.2 Å². The number of imidazole rings is 3. The Morgan fingerprint density at radius 1 is 0.284 bits per heavy atom. The molecule has 0 aliphatic rings. The second kappa shape index (κ2) is 38.2. The first kappa shape index (κ1) is 103. The standard InChI is InChI=1S/2C42H42N4O2.C36H38N4O2.3Pt/c1-23-15-24(2)17-25(16-23)26-18-34(43-35(19-26)40(47)48)29-11-10-12-36-38(29)45-39(46(36)9)32-22-28(42(6,7)8)21-31-30-20-27(41(3,4)5)13-14-33(30)44-37(31)32;1-24(2)46-36-16-12-15-29(34-19-26(20-35(43-34)40(47)48)25-13-10-9-11-14-25)38(36)45-39(46)32-23-28(42(6,7)8)22-31-30-21-27(41(3,4)5)17-18-33(30)44-37(31)32;1-20(2)40-30-14-9-11-23(27-12-10-13-29(37-27)34(41)42)32(30)39-33(40)26-19-22(36(6,7)8)18-25-24-17-21(35(3,4)5)15-16-28(24)38-31(25)26;;;/h10-22H,1-9H3,(H2,43,44,45,47,48);9-24H,1-8H3,(H2,43,44,45,47,48);9-20H,1-8H3,(H2,37,38,39,41,42);;;/p-3. The molecule has 0 radical (unpaired) electrons. The summed E-state index contributed by atoms with van der Waals surface area (Å²) in [5.74, 6) is -0.711. The van der Waals surface area contributed by atoms with Crippen molar-refractivity contribution in [2.75, 3.05) is 0 Å². The summed E-state index contributed by atoms with van der Waals surface area (Å²) in [7, 11) is 2.03. The Morgan fingerprint density at radius 3 is 0.957 bits per heavy atom. The largest absolute Gasteiger partial charge is 0.656 e. The summed E-state index contributed by atoms with van der Waals surface area (Å²) in [5, 5.41) is 36.5. The van der Waals surface area contributed by atoms with E-state index in [4.69, 9.17) is 29.9 Å². The summed E-state index contributed by atoms with van der Waals surface area (Å²) in [5.41, 5.74) is 30.9. The van der Waals surface area contributed by atoms with Gasteiger partial charge in [0.05, 0.1) is 50.2 Å². The third kappa shape index (κ3) is 19.7. The maximum atomic E-state index is 12.3. The molecule has 9 aromatic heterocycles. The molecule has 3 N–H and O–H groups in total. The second-order valence-electron chi connectivity index (χ2n) is 43.9. The van der Waals surface area contributed by atoms with Crippen molar-refractivity contribution in [1.82, 2.24) is 58.6 Å². The van der Waals surface area contributed by atoms with Crippen molar-refractivity contribution in [2.24, 2.45) is 7.05 Å². The molecule has 0 saturated carbocycles. The van der Waals surface area contributed by atoms with Crippen LogP contribution in [0.4, 0.5) is 0 Å². The number of carboxylic acids is 3.